The fraction of sp³-hybridized carbons (Fsp3) is 0.591. The Morgan fingerprint density at radius 1 is 1.10 bits per heavy atom. The number of hydrogen-bond acceptors (Lipinski definition) is 5. The number of nitrogens with zero attached hydrogens (tertiary/aromatic N) is 3. The molecular formula is C22H30N4O4. The number of anilines is 2. The number of carbonyl (C=O) groups is 3. The summed E-state index contributed by atoms with van der Waals surface area (Å²) in [7, 11) is 1.58. The van der Waals surface area contributed by atoms with Gasteiger partial charge in [-0.3, -0.25) is 19.3 Å². The lowest BCUT2D eigenvalue weighted by molar-refractivity contribution is -0.125. The summed E-state index contributed by atoms with van der Waals surface area (Å²) in [6, 6.07) is 5.36. The minimum absolute atomic E-state index is 0.00647. The molecule has 3 aliphatic heterocycles. The number of ether oxygens (including phenoxy) is 1. The molecule has 0 aliphatic carbocycles. The second-order valence-corrected chi connectivity index (χ2v) is 8.17. The van der Waals surface area contributed by atoms with Gasteiger partial charge in [0.15, 0.2) is 0 Å². The van der Waals surface area contributed by atoms with Crippen molar-refractivity contribution >= 4 is 29.1 Å². The first kappa shape index (κ1) is 20.7. The molecule has 0 saturated carbocycles. The number of hydrogen-bond donors (Lipinski definition) is 1. The Bertz CT molecular complexity index is 821. The Balaban J connectivity index is 1.63. The van der Waals surface area contributed by atoms with Gasteiger partial charge in [-0.2, -0.15) is 0 Å². The fourth-order valence-electron chi connectivity index (χ4n) is 4.65. The molecule has 3 heterocycles. The molecule has 0 aromatic heterocycles. The van der Waals surface area contributed by atoms with E-state index < -0.39 is 0 Å². The lowest BCUT2D eigenvalue weighted by Gasteiger charge is -2.45. The van der Waals surface area contributed by atoms with Crippen LogP contribution in [0.3, 0.4) is 0 Å². The number of piperidine rings is 1. The molecule has 1 aromatic carbocycles. The van der Waals surface area contributed by atoms with Crippen LogP contribution in [0.25, 0.3) is 0 Å². The van der Waals surface area contributed by atoms with E-state index in [0.717, 1.165) is 57.4 Å². The Morgan fingerprint density at radius 2 is 1.87 bits per heavy atom. The molecule has 8 nitrogen and oxygen atoms in total. The zero-order valence-electron chi connectivity index (χ0n) is 17.6. The molecule has 3 aliphatic rings. The second kappa shape index (κ2) is 9.04. The first-order valence-electron chi connectivity index (χ1n) is 10.9. The average molecular weight is 415 g/mol. The van der Waals surface area contributed by atoms with Crippen LogP contribution in [0.15, 0.2) is 18.2 Å². The van der Waals surface area contributed by atoms with Crippen LogP contribution in [0.4, 0.5) is 11.4 Å². The summed E-state index contributed by atoms with van der Waals surface area (Å²) in [6.45, 7) is 3.12. The van der Waals surface area contributed by atoms with E-state index in [-0.39, 0.29) is 30.3 Å². The lowest BCUT2D eigenvalue weighted by Crippen LogP contribution is -2.57. The van der Waals surface area contributed by atoms with Gasteiger partial charge in [-0.15, -0.1) is 0 Å². The summed E-state index contributed by atoms with van der Waals surface area (Å²) < 4.78 is 4.98. The number of likely N-dealkylation sites (tertiary alicyclic amines) is 1. The number of amides is 3. The normalized spacial score (nSPS) is 20.8. The third kappa shape index (κ3) is 4.01. The quantitative estimate of drug-likeness (QED) is 0.712. The van der Waals surface area contributed by atoms with Gasteiger partial charge in [0.05, 0.1) is 18.0 Å². The first-order chi connectivity index (χ1) is 14.6. The van der Waals surface area contributed by atoms with E-state index in [2.05, 4.69) is 10.2 Å². The van der Waals surface area contributed by atoms with Gasteiger partial charge in [0.25, 0.3) is 5.91 Å². The molecule has 1 N–H and O–H groups in total. The van der Waals surface area contributed by atoms with Crippen molar-refractivity contribution in [1.82, 2.24) is 10.2 Å². The highest BCUT2D eigenvalue weighted by Gasteiger charge is 2.40. The maximum atomic E-state index is 13.3. The van der Waals surface area contributed by atoms with E-state index in [9.17, 15) is 14.4 Å². The minimum Gasteiger partial charge on any atom is -0.383 e. The monoisotopic (exact) mass is 414 g/mol. The number of fused-ring (bicyclic) bond motifs is 3. The van der Waals surface area contributed by atoms with Crippen LogP contribution < -0.4 is 15.1 Å². The van der Waals surface area contributed by atoms with Crippen molar-refractivity contribution in [2.24, 2.45) is 0 Å². The highest BCUT2D eigenvalue weighted by atomic mass is 16.5. The van der Waals surface area contributed by atoms with Crippen LogP contribution in [-0.2, 0) is 14.3 Å². The summed E-state index contributed by atoms with van der Waals surface area (Å²) >= 11 is 0. The molecule has 2 fully saturated rings. The van der Waals surface area contributed by atoms with E-state index in [1.807, 2.05) is 17.0 Å². The first-order valence-corrected chi connectivity index (χ1v) is 10.9. The summed E-state index contributed by atoms with van der Waals surface area (Å²) in [5.41, 5.74) is 2.16. The molecule has 8 heteroatoms. The van der Waals surface area contributed by atoms with E-state index in [4.69, 9.17) is 4.74 Å². The van der Waals surface area contributed by atoms with E-state index in [0.29, 0.717) is 24.4 Å². The van der Waals surface area contributed by atoms with Gasteiger partial charge in [-0.05, 0) is 50.3 Å². The molecule has 30 heavy (non-hydrogen) atoms. The Morgan fingerprint density at radius 3 is 2.63 bits per heavy atom. The highest BCUT2D eigenvalue weighted by Crippen LogP contribution is 2.40. The highest BCUT2D eigenvalue weighted by molar-refractivity contribution is 6.09. The van der Waals surface area contributed by atoms with Crippen LogP contribution in [0.2, 0.25) is 0 Å². The molecule has 1 atom stereocenters. The zero-order chi connectivity index (χ0) is 21.1. The summed E-state index contributed by atoms with van der Waals surface area (Å²) in [5.74, 6) is -0.297. The number of nitrogens with one attached hydrogen (secondary N) is 1. The van der Waals surface area contributed by atoms with E-state index >= 15 is 0 Å². The van der Waals surface area contributed by atoms with Gasteiger partial charge >= 0.3 is 0 Å². The van der Waals surface area contributed by atoms with Crippen molar-refractivity contribution in [3.05, 3.63) is 23.8 Å². The van der Waals surface area contributed by atoms with Gasteiger partial charge in [0, 0.05) is 38.9 Å². The van der Waals surface area contributed by atoms with Gasteiger partial charge in [0.2, 0.25) is 11.8 Å². The van der Waals surface area contributed by atoms with E-state index in [1.165, 1.54) is 0 Å². The number of benzene rings is 1. The molecule has 3 amide bonds. The number of carbonyl (C=O) groups excluding carboxylic acids is 3. The van der Waals surface area contributed by atoms with Crippen LogP contribution in [-0.4, -0.2) is 75.1 Å². The van der Waals surface area contributed by atoms with Crippen LogP contribution in [0.1, 0.15) is 42.5 Å². The maximum absolute atomic E-state index is 13.3. The molecule has 162 valence electrons. The Labute approximate surface area is 177 Å². The van der Waals surface area contributed by atoms with Crippen LogP contribution in [0, 0.1) is 0 Å². The molecular weight excluding hydrogens is 384 g/mol. The standard InChI is InChI=1S/C22H30N4O4/c1-30-13-9-23-20(27)15-26-19-14-16(21(28)24-10-4-5-11-24)7-8-17(19)25-12-3-2-6-18(25)22(26)29/h7-8,14,18H,2-6,9-13,15H2,1H3,(H,23,27). The van der Waals surface area contributed by atoms with Crippen LogP contribution >= 0.6 is 0 Å². The Hall–Kier alpha value is -2.61. The largest absolute Gasteiger partial charge is 0.383 e. The third-order valence-corrected chi connectivity index (χ3v) is 6.20. The number of methoxy groups -OCH3 is 1. The van der Waals surface area contributed by atoms with Crippen molar-refractivity contribution in [2.75, 3.05) is 56.2 Å². The predicted molar refractivity (Wildman–Crippen MR) is 114 cm³/mol. The Kier molecular flexibility index (Phi) is 6.22. The van der Waals surface area contributed by atoms with E-state index in [1.54, 1.807) is 18.1 Å². The lowest BCUT2D eigenvalue weighted by atomic mass is 9.95. The molecule has 2 saturated heterocycles. The molecule has 1 unspecified atom stereocenters. The molecule has 4 rings (SSSR count). The zero-order valence-corrected chi connectivity index (χ0v) is 17.6. The predicted octanol–water partition coefficient (Wildman–Crippen LogP) is 1.39. The third-order valence-electron chi connectivity index (χ3n) is 6.20. The van der Waals surface area contributed by atoms with Crippen LogP contribution in [0.5, 0.6) is 0 Å². The average Bonchev–Trinajstić information content (AvgIpc) is 3.31. The fourth-order valence-corrected chi connectivity index (χ4v) is 4.65. The van der Waals surface area contributed by atoms with Gasteiger partial charge in [-0.25, -0.2) is 0 Å². The van der Waals surface area contributed by atoms with Crippen molar-refractivity contribution in [1.29, 1.82) is 0 Å². The van der Waals surface area contributed by atoms with Crippen molar-refractivity contribution in [3.8, 4) is 0 Å². The topological polar surface area (TPSA) is 82.2 Å². The van der Waals surface area contributed by atoms with Crippen molar-refractivity contribution in [3.63, 3.8) is 0 Å². The van der Waals surface area contributed by atoms with Crippen molar-refractivity contribution in [2.45, 2.75) is 38.1 Å². The SMILES string of the molecule is COCCNC(=O)CN1C(=O)C2CCCCN2c2ccc(C(=O)N3CCCC3)cc21. The van der Waals surface area contributed by atoms with Crippen molar-refractivity contribution < 1.29 is 19.1 Å². The molecule has 0 bridgehead atoms. The summed E-state index contributed by atoms with van der Waals surface area (Å²) in [4.78, 5) is 44.3. The van der Waals surface area contributed by atoms with Gasteiger partial charge < -0.3 is 19.9 Å². The maximum Gasteiger partial charge on any atom is 0.253 e. The van der Waals surface area contributed by atoms with Gasteiger partial charge in [-0.1, -0.05) is 0 Å². The van der Waals surface area contributed by atoms with Gasteiger partial charge in [0.1, 0.15) is 12.6 Å². The molecule has 0 spiro atoms. The second-order valence-electron chi connectivity index (χ2n) is 8.17. The summed E-state index contributed by atoms with van der Waals surface area (Å²) in [5, 5.41) is 2.79. The smallest absolute Gasteiger partial charge is 0.253 e. The minimum atomic E-state index is -0.238. The number of rotatable bonds is 6. The molecule has 0 radical (unpaired) electrons. The molecule has 1 aromatic rings. The summed E-state index contributed by atoms with van der Waals surface area (Å²) in [6.07, 6.45) is 4.88.